The lowest BCUT2D eigenvalue weighted by atomic mass is 9.78. The molecule has 2 saturated heterocycles. The lowest BCUT2D eigenvalue weighted by Crippen LogP contribution is -2.41. The Balaban J connectivity index is 1.33. The highest BCUT2D eigenvalue weighted by Gasteiger charge is 2.37. The molecule has 8 nitrogen and oxygen atoms in total. The van der Waals surface area contributed by atoms with Gasteiger partial charge < -0.3 is 25.6 Å². The maximum Gasteiger partial charge on any atom is 0.229 e. The van der Waals surface area contributed by atoms with Crippen LogP contribution in [0.1, 0.15) is 19.3 Å². The Morgan fingerprint density at radius 2 is 1.87 bits per heavy atom. The van der Waals surface area contributed by atoms with E-state index in [0.717, 1.165) is 48.6 Å². The van der Waals surface area contributed by atoms with Crippen molar-refractivity contribution in [2.75, 3.05) is 62.2 Å². The van der Waals surface area contributed by atoms with Gasteiger partial charge in [-0.2, -0.15) is 7.84 Å². The molecule has 202 valence electrons. The van der Waals surface area contributed by atoms with Gasteiger partial charge in [-0.1, -0.05) is 23.7 Å². The lowest BCUT2D eigenvalue weighted by Gasteiger charge is -2.40. The average molecular weight is 668 g/mol. The minimum atomic E-state index is -1.77. The molecular formula is C27H34ClIN6O2P+. The number of para-hydroxylation sites is 1. The normalized spacial score (nSPS) is 17.0. The lowest BCUT2D eigenvalue weighted by molar-refractivity contribution is 0.247. The molecule has 0 aliphatic carbocycles. The fourth-order valence-corrected chi connectivity index (χ4v) is 7.30. The fourth-order valence-electron chi connectivity index (χ4n) is 5.29. The molecule has 0 bridgehead atoms. The van der Waals surface area contributed by atoms with E-state index in [-0.39, 0.29) is 0 Å². The zero-order valence-corrected chi connectivity index (χ0v) is 25.7. The Bertz CT molecular complexity index is 1280. The molecule has 2 aliphatic heterocycles. The number of aromatic nitrogens is 2. The van der Waals surface area contributed by atoms with Crippen molar-refractivity contribution in [3.8, 4) is 5.75 Å². The second-order valence-electron chi connectivity index (χ2n) is 10.4. The Labute approximate surface area is 244 Å². The van der Waals surface area contributed by atoms with Gasteiger partial charge in [0.05, 0.1) is 38.0 Å². The average Bonchev–Trinajstić information content (AvgIpc) is 3.39. The van der Waals surface area contributed by atoms with Crippen LogP contribution in [-0.4, -0.2) is 56.6 Å². The van der Waals surface area contributed by atoms with Crippen molar-refractivity contribution in [3.63, 3.8) is 0 Å². The third-order valence-electron chi connectivity index (χ3n) is 7.61. The van der Waals surface area contributed by atoms with Crippen LogP contribution in [0.3, 0.4) is 0 Å². The van der Waals surface area contributed by atoms with E-state index >= 15 is 0 Å². The Morgan fingerprint density at radius 1 is 1.08 bits per heavy atom. The van der Waals surface area contributed by atoms with E-state index < -0.39 is 7.49 Å². The minimum Gasteiger partial charge on any atom is -0.494 e. The summed E-state index contributed by atoms with van der Waals surface area (Å²) in [4.78, 5) is 11.5. The summed E-state index contributed by atoms with van der Waals surface area (Å²) in [6.45, 7) is 8.68. The predicted octanol–water partition coefficient (Wildman–Crippen LogP) is 6.39. The smallest absolute Gasteiger partial charge is 0.229 e. The van der Waals surface area contributed by atoms with Crippen molar-refractivity contribution in [1.82, 2.24) is 15.3 Å². The van der Waals surface area contributed by atoms with E-state index in [1.54, 1.807) is 13.3 Å². The molecule has 38 heavy (non-hydrogen) atoms. The van der Waals surface area contributed by atoms with Gasteiger partial charge >= 0.3 is 0 Å². The number of piperidine rings is 1. The summed E-state index contributed by atoms with van der Waals surface area (Å²) in [5, 5.41) is 11.8. The standard InChI is InChI=1S/C27H34ClIN6O2P/c1-36-23-16-19(35-14-11-27(12-15-35)10-13-30-18-27)8-9-21(23)33-26-31-17-20(28)25(34-26)32-22-6-4-5-7-24(22)38(2,3)37-29/h4-9,16-17,30H,10-15,18H2,1-3H3,(H2,31,32,33,34)/q+1. The summed E-state index contributed by atoms with van der Waals surface area (Å²) in [6.07, 6.45) is 5.34. The summed E-state index contributed by atoms with van der Waals surface area (Å²) >= 11 is 8.47. The van der Waals surface area contributed by atoms with Crippen molar-refractivity contribution >= 4 is 76.2 Å². The van der Waals surface area contributed by atoms with Crippen molar-refractivity contribution in [2.45, 2.75) is 19.3 Å². The first kappa shape index (κ1) is 27.6. The zero-order valence-electron chi connectivity index (χ0n) is 21.9. The first-order valence-electron chi connectivity index (χ1n) is 12.8. The third kappa shape index (κ3) is 5.97. The number of nitrogens with zero attached hydrogens (tertiary/aromatic N) is 3. The monoisotopic (exact) mass is 667 g/mol. The summed E-state index contributed by atoms with van der Waals surface area (Å²) < 4.78 is 11.5. The first-order chi connectivity index (χ1) is 18.3. The molecule has 1 spiro atoms. The summed E-state index contributed by atoms with van der Waals surface area (Å²) in [5.74, 6) is 1.69. The van der Waals surface area contributed by atoms with Gasteiger partial charge in [0, 0.05) is 31.4 Å². The summed E-state index contributed by atoms with van der Waals surface area (Å²) in [7, 11) is -0.0823. The topological polar surface area (TPSA) is 83.6 Å². The number of benzene rings is 2. The van der Waals surface area contributed by atoms with Crippen molar-refractivity contribution < 1.29 is 7.59 Å². The molecule has 3 heterocycles. The number of rotatable bonds is 8. The number of anilines is 5. The number of halogens is 2. The predicted molar refractivity (Wildman–Crippen MR) is 168 cm³/mol. The molecule has 0 saturated carbocycles. The van der Waals surface area contributed by atoms with E-state index in [4.69, 9.17) is 19.2 Å². The quantitative estimate of drug-likeness (QED) is 0.188. The SMILES string of the molecule is COc1cc(N2CCC3(CCNC3)CC2)ccc1Nc1ncc(Cl)c(Nc2ccccc2[P+](C)(C)OI)n1. The molecule has 2 aliphatic rings. The second kappa shape index (κ2) is 11.7. The molecule has 5 rings (SSSR count). The largest absolute Gasteiger partial charge is 0.494 e. The highest BCUT2D eigenvalue weighted by Crippen LogP contribution is 2.55. The molecule has 0 unspecified atom stereocenters. The summed E-state index contributed by atoms with van der Waals surface area (Å²) in [5.41, 5.74) is 3.37. The van der Waals surface area contributed by atoms with Crippen LogP contribution in [0.15, 0.2) is 48.7 Å². The van der Waals surface area contributed by atoms with Crippen LogP contribution in [0.25, 0.3) is 0 Å². The maximum absolute atomic E-state index is 6.49. The van der Waals surface area contributed by atoms with Gasteiger partial charge in [-0.3, -0.25) is 0 Å². The van der Waals surface area contributed by atoms with Crippen LogP contribution in [-0.2, 0) is 2.85 Å². The molecule has 2 aromatic carbocycles. The molecule has 0 atom stereocenters. The zero-order chi connectivity index (χ0) is 26.8. The highest BCUT2D eigenvalue weighted by molar-refractivity contribution is 14.1. The van der Waals surface area contributed by atoms with Gasteiger partial charge in [-0.25, -0.2) is 4.98 Å². The van der Waals surface area contributed by atoms with Crippen molar-refractivity contribution in [3.05, 3.63) is 53.7 Å². The molecule has 3 aromatic rings. The fraction of sp³-hybridized carbons (Fsp3) is 0.407. The molecule has 2 fully saturated rings. The molecule has 0 amide bonds. The second-order valence-corrected chi connectivity index (χ2v) is 15.3. The van der Waals surface area contributed by atoms with Crippen LogP contribution < -0.4 is 30.9 Å². The van der Waals surface area contributed by atoms with E-state index in [2.05, 4.69) is 62.3 Å². The van der Waals surface area contributed by atoms with Crippen LogP contribution in [0.5, 0.6) is 5.75 Å². The summed E-state index contributed by atoms with van der Waals surface area (Å²) in [6, 6.07) is 14.3. The van der Waals surface area contributed by atoms with Gasteiger partial charge in [-0.15, -0.1) is 0 Å². The minimum absolute atomic E-state index is 0.424. The van der Waals surface area contributed by atoms with Gasteiger partial charge in [0.15, 0.2) is 36.3 Å². The number of nitrogens with one attached hydrogen (secondary N) is 3. The van der Waals surface area contributed by atoms with E-state index in [1.165, 1.54) is 24.9 Å². The molecule has 3 N–H and O–H groups in total. The van der Waals surface area contributed by atoms with Crippen LogP contribution in [0.4, 0.5) is 28.8 Å². The van der Waals surface area contributed by atoms with Crippen LogP contribution in [0.2, 0.25) is 5.02 Å². The molecule has 11 heteroatoms. The van der Waals surface area contributed by atoms with Gasteiger partial charge in [0.25, 0.3) is 0 Å². The van der Waals surface area contributed by atoms with Crippen molar-refractivity contribution in [1.29, 1.82) is 0 Å². The van der Waals surface area contributed by atoms with E-state index in [0.29, 0.717) is 22.2 Å². The highest BCUT2D eigenvalue weighted by atomic mass is 127. The Kier molecular flexibility index (Phi) is 8.50. The van der Waals surface area contributed by atoms with Crippen molar-refractivity contribution in [2.24, 2.45) is 5.41 Å². The number of methoxy groups -OCH3 is 1. The van der Waals surface area contributed by atoms with Gasteiger partial charge in [-0.05, 0) is 55.5 Å². The molecular weight excluding hydrogens is 634 g/mol. The van der Waals surface area contributed by atoms with Crippen LogP contribution in [0, 0.1) is 5.41 Å². The number of hydrogen-bond acceptors (Lipinski definition) is 8. The number of ether oxygens (including phenoxy) is 1. The molecule has 0 radical (unpaired) electrons. The number of hydrogen-bond donors (Lipinski definition) is 3. The molecule has 1 aromatic heterocycles. The Morgan fingerprint density at radius 3 is 2.58 bits per heavy atom. The van der Waals surface area contributed by atoms with E-state index in [1.807, 2.05) is 47.3 Å². The van der Waals surface area contributed by atoms with Gasteiger partial charge in [0.2, 0.25) is 5.95 Å². The maximum atomic E-state index is 6.49. The van der Waals surface area contributed by atoms with E-state index in [9.17, 15) is 0 Å². The van der Waals surface area contributed by atoms with Crippen LogP contribution >= 0.6 is 42.1 Å². The Hall–Kier alpha value is -1.91. The van der Waals surface area contributed by atoms with Gasteiger partial charge in [0.1, 0.15) is 16.1 Å². The first-order valence-corrected chi connectivity index (χ1v) is 16.6. The third-order valence-corrected chi connectivity index (χ3v) is 12.7.